The van der Waals surface area contributed by atoms with Crippen molar-refractivity contribution in [3.63, 3.8) is 0 Å². The molecule has 0 saturated carbocycles. The Morgan fingerprint density at radius 1 is 1.88 bits per heavy atom. The molecule has 0 rings (SSSR count). The van der Waals surface area contributed by atoms with Crippen LogP contribution in [0.5, 0.6) is 0 Å². The van der Waals surface area contributed by atoms with E-state index in [4.69, 9.17) is 5.73 Å². The Morgan fingerprint density at radius 2 is 2.25 bits per heavy atom. The molecule has 0 amide bonds. The van der Waals surface area contributed by atoms with Gasteiger partial charge in [0.25, 0.3) is 0 Å². The maximum Gasteiger partial charge on any atom is 0.149 e. The second-order valence-corrected chi connectivity index (χ2v) is 2.07. The van der Waals surface area contributed by atoms with Gasteiger partial charge < -0.3 is 5.73 Å². The highest BCUT2D eigenvalue weighted by atomic mass is 16.1. The van der Waals surface area contributed by atoms with Crippen molar-refractivity contribution >= 4 is 5.78 Å². The van der Waals surface area contributed by atoms with Crippen molar-refractivity contribution in [2.45, 2.75) is 25.8 Å². The average Bonchev–Trinajstić information content (AvgIpc) is 1.67. The number of rotatable bonds is 2. The second-order valence-electron chi connectivity index (χ2n) is 2.07. The van der Waals surface area contributed by atoms with Gasteiger partial charge in [-0.05, 0) is 20.3 Å². The molecule has 2 N–H and O–H groups in total. The Balaban J connectivity index is 3.91. The van der Waals surface area contributed by atoms with Crippen LogP contribution in [0.15, 0.2) is 0 Å². The summed E-state index contributed by atoms with van der Waals surface area (Å²) in [6.45, 7) is 6.81. The Labute approximate surface area is 50.1 Å². The number of Topliss-reactive ketones (excluding diaryl/α,β-unsaturated/α-hetero) is 1. The molecular weight excluding hydrogens is 102 g/mol. The van der Waals surface area contributed by atoms with Gasteiger partial charge in [-0.25, -0.2) is 0 Å². The highest BCUT2D eigenvalue weighted by Crippen LogP contribution is 2.03. The van der Waals surface area contributed by atoms with Crippen molar-refractivity contribution in [1.82, 2.24) is 0 Å². The summed E-state index contributed by atoms with van der Waals surface area (Å²) in [7, 11) is 0. The van der Waals surface area contributed by atoms with Gasteiger partial charge in [0, 0.05) is 0 Å². The van der Waals surface area contributed by atoms with Gasteiger partial charge in [0.1, 0.15) is 5.78 Å². The van der Waals surface area contributed by atoms with Crippen molar-refractivity contribution in [2.24, 2.45) is 5.73 Å². The van der Waals surface area contributed by atoms with Crippen molar-refractivity contribution in [3.8, 4) is 0 Å². The molecular formula is C6H12NO. The summed E-state index contributed by atoms with van der Waals surface area (Å²) in [5.41, 5.74) is 4.55. The molecule has 0 aromatic rings. The quantitative estimate of drug-likeness (QED) is 0.568. The van der Waals surface area contributed by atoms with E-state index in [1.54, 1.807) is 0 Å². The van der Waals surface area contributed by atoms with Crippen LogP contribution < -0.4 is 5.73 Å². The van der Waals surface area contributed by atoms with Crippen LogP contribution in [-0.2, 0) is 4.79 Å². The number of carbonyl (C=O) groups is 1. The van der Waals surface area contributed by atoms with Gasteiger partial charge in [0.05, 0.1) is 5.54 Å². The number of nitrogens with two attached hydrogens (primary N) is 1. The maximum atomic E-state index is 10.5. The smallest absolute Gasteiger partial charge is 0.149 e. The summed E-state index contributed by atoms with van der Waals surface area (Å²) in [5, 5.41) is 0. The van der Waals surface area contributed by atoms with E-state index >= 15 is 0 Å². The molecule has 1 unspecified atom stereocenters. The zero-order valence-corrected chi connectivity index (χ0v) is 5.40. The van der Waals surface area contributed by atoms with E-state index in [0.29, 0.717) is 6.42 Å². The molecule has 0 aromatic heterocycles. The Bertz CT molecular complexity index is 96.7. The second kappa shape index (κ2) is 2.27. The Morgan fingerprint density at radius 3 is 2.25 bits per heavy atom. The minimum Gasteiger partial charge on any atom is -0.319 e. The third-order valence-electron chi connectivity index (χ3n) is 1.33. The Kier molecular flexibility index (Phi) is 2.16. The predicted molar refractivity (Wildman–Crippen MR) is 33.2 cm³/mol. The van der Waals surface area contributed by atoms with Crippen molar-refractivity contribution < 1.29 is 4.79 Å². The van der Waals surface area contributed by atoms with Gasteiger partial charge in [0.15, 0.2) is 0 Å². The first-order chi connectivity index (χ1) is 3.50. The van der Waals surface area contributed by atoms with E-state index in [9.17, 15) is 4.79 Å². The van der Waals surface area contributed by atoms with Crippen molar-refractivity contribution in [1.29, 1.82) is 0 Å². The lowest BCUT2D eigenvalue weighted by Gasteiger charge is -2.17. The molecule has 1 radical (unpaired) electrons. The molecule has 1 atom stereocenters. The van der Waals surface area contributed by atoms with Crippen LogP contribution in [0, 0.1) is 6.92 Å². The molecule has 0 spiro atoms. The molecule has 2 nitrogen and oxygen atoms in total. The van der Waals surface area contributed by atoms with Crippen LogP contribution in [-0.4, -0.2) is 11.3 Å². The number of ketones is 1. The normalized spacial score (nSPS) is 17.5. The molecule has 0 bridgehead atoms. The lowest BCUT2D eigenvalue weighted by Crippen LogP contribution is -2.42. The zero-order valence-electron chi connectivity index (χ0n) is 5.40. The van der Waals surface area contributed by atoms with Gasteiger partial charge in [-0.15, -0.1) is 0 Å². The first-order valence-corrected chi connectivity index (χ1v) is 2.66. The minimum absolute atomic E-state index is 0.0556. The molecule has 0 heterocycles. The van der Waals surface area contributed by atoms with Crippen LogP contribution in [0.2, 0.25) is 0 Å². The SMILES string of the molecule is [CH2]C(N)(CC)C(C)=O. The fourth-order valence-corrected chi connectivity index (χ4v) is 0.249. The molecule has 0 saturated heterocycles. The van der Waals surface area contributed by atoms with Crippen LogP contribution in [0.4, 0.5) is 0 Å². The summed E-state index contributed by atoms with van der Waals surface area (Å²) < 4.78 is 0. The molecule has 8 heavy (non-hydrogen) atoms. The van der Waals surface area contributed by atoms with Crippen molar-refractivity contribution in [3.05, 3.63) is 6.92 Å². The first kappa shape index (κ1) is 7.63. The molecule has 2 heteroatoms. The largest absolute Gasteiger partial charge is 0.319 e. The van der Waals surface area contributed by atoms with Gasteiger partial charge in [-0.3, -0.25) is 4.79 Å². The third-order valence-corrected chi connectivity index (χ3v) is 1.33. The van der Waals surface area contributed by atoms with E-state index in [1.807, 2.05) is 6.92 Å². The standard InChI is InChI=1S/C6H12NO/c1-4-6(3,7)5(2)8/h3-4,7H2,1-2H3. The maximum absolute atomic E-state index is 10.5. The Hall–Kier alpha value is -0.370. The van der Waals surface area contributed by atoms with Gasteiger partial charge in [-0.2, -0.15) is 0 Å². The van der Waals surface area contributed by atoms with E-state index in [-0.39, 0.29) is 5.78 Å². The van der Waals surface area contributed by atoms with Crippen molar-refractivity contribution in [2.75, 3.05) is 0 Å². The van der Waals surface area contributed by atoms with E-state index in [2.05, 4.69) is 6.92 Å². The highest BCUT2D eigenvalue weighted by molar-refractivity contribution is 5.86. The monoisotopic (exact) mass is 114 g/mol. The van der Waals surface area contributed by atoms with Crippen LogP contribution in [0.1, 0.15) is 20.3 Å². The van der Waals surface area contributed by atoms with Crippen LogP contribution in [0.3, 0.4) is 0 Å². The van der Waals surface area contributed by atoms with Gasteiger partial charge in [0.2, 0.25) is 0 Å². The molecule has 47 valence electrons. The van der Waals surface area contributed by atoms with Gasteiger partial charge >= 0.3 is 0 Å². The van der Waals surface area contributed by atoms with Gasteiger partial charge in [-0.1, -0.05) is 6.92 Å². The number of carbonyl (C=O) groups excluding carboxylic acids is 1. The topological polar surface area (TPSA) is 43.1 Å². The number of hydrogen-bond acceptors (Lipinski definition) is 2. The van der Waals surface area contributed by atoms with E-state index in [0.717, 1.165) is 0 Å². The summed E-state index contributed by atoms with van der Waals surface area (Å²) in [5.74, 6) is -0.0556. The zero-order chi connectivity index (χ0) is 6.78. The lowest BCUT2D eigenvalue weighted by atomic mass is 9.96. The molecule has 0 aromatic carbocycles. The molecule has 0 aliphatic carbocycles. The minimum atomic E-state index is -0.847. The summed E-state index contributed by atoms with van der Waals surface area (Å²) >= 11 is 0. The summed E-state index contributed by atoms with van der Waals surface area (Å²) in [4.78, 5) is 10.5. The van der Waals surface area contributed by atoms with Crippen LogP contribution in [0.25, 0.3) is 0 Å². The van der Waals surface area contributed by atoms with E-state index in [1.165, 1.54) is 6.92 Å². The molecule has 0 fully saturated rings. The third kappa shape index (κ3) is 1.62. The van der Waals surface area contributed by atoms with Crippen LogP contribution >= 0.6 is 0 Å². The lowest BCUT2D eigenvalue weighted by molar-refractivity contribution is -0.120. The molecule has 0 aliphatic rings. The fourth-order valence-electron chi connectivity index (χ4n) is 0.249. The fraction of sp³-hybridized carbons (Fsp3) is 0.667. The number of hydrogen-bond donors (Lipinski definition) is 1. The first-order valence-electron chi connectivity index (χ1n) is 2.66. The predicted octanol–water partition coefficient (Wildman–Crippen LogP) is 0.517. The average molecular weight is 114 g/mol. The molecule has 0 aliphatic heterocycles. The summed E-state index contributed by atoms with van der Waals surface area (Å²) in [6.07, 6.45) is 0.600. The summed E-state index contributed by atoms with van der Waals surface area (Å²) in [6, 6.07) is 0. The highest BCUT2D eigenvalue weighted by Gasteiger charge is 2.20. The van der Waals surface area contributed by atoms with E-state index < -0.39 is 5.54 Å².